The number of halogens is 1. The molecule has 98 valence electrons. The molecule has 0 bridgehead atoms. The van der Waals surface area contributed by atoms with E-state index in [9.17, 15) is 0 Å². The maximum absolute atomic E-state index is 4.63. The molecule has 0 saturated carbocycles. The fourth-order valence-electron chi connectivity index (χ4n) is 1.86. The summed E-state index contributed by atoms with van der Waals surface area (Å²) in [6.07, 6.45) is 0.969. The number of nitrogens with one attached hydrogen (secondary N) is 1. The maximum atomic E-state index is 4.63. The summed E-state index contributed by atoms with van der Waals surface area (Å²) in [7, 11) is 0. The Morgan fingerprint density at radius 3 is 2.72 bits per heavy atom. The van der Waals surface area contributed by atoms with E-state index in [-0.39, 0.29) is 0 Å². The quantitative estimate of drug-likeness (QED) is 0.864. The predicted octanol–water partition coefficient (Wildman–Crippen LogP) is 4.48. The SMILES string of the molecule is CCNC(Cc1nc(C)c(C)s1)c1csc(Br)c1. The van der Waals surface area contributed by atoms with Crippen molar-refractivity contribution in [2.45, 2.75) is 33.2 Å². The van der Waals surface area contributed by atoms with Crippen molar-refractivity contribution in [1.29, 1.82) is 0 Å². The number of nitrogens with zero attached hydrogens (tertiary/aromatic N) is 1. The number of rotatable bonds is 5. The van der Waals surface area contributed by atoms with E-state index < -0.39 is 0 Å². The Morgan fingerprint density at radius 2 is 2.22 bits per heavy atom. The molecule has 0 aliphatic carbocycles. The molecule has 2 rings (SSSR count). The number of thiophene rings is 1. The summed E-state index contributed by atoms with van der Waals surface area (Å²) in [5.74, 6) is 0. The van der Waals surface area contributed by atoms with E-state index in [4.69, 9.17) is 0 Å². The fourth-order valence-corrected chi connectivity index (χ4v) is 4.07. The molecule has 5 heteroatoms. The Bertz CT molecular complexity index is 499. The molecule has 2 nitrogen and oxygen atoms in total. The van der Waals surface area contributed by atoms with Crippen molar-refractivity contribution in [3.8, 4) is 0 Å². The Labute approximate surface area is 125 Å². The topological polar surface area (TPSA) is 24.9 Å². The van der Waals surface area contributed by atoms with Gasteiger partial charge in [0.05, 0.1) is 14.5 Å². The molecule has 0 saturated heterocycles. The normalized spacial score (nSPS) is 12.9. The number of hydrogen-bond donors (Lipinski definition) is 1. The number of hydrogen-bond acceptors (Lipinski definition) is 4. The van der Waals surface area contributed by atoms with Gasteiger partial charge in [0.15, 0.2) is 0 Å². The standard InChI is InChI=1S/C13H17BrN2S2/c1-4-15-11(10-5-12(14)17-7-10)6-13-16-8(2)9(3)18-13/h5,7,11,15H,4,6H2,1-3H3. The molecule has 0 spiro atoms. The van der Waals surface area contributed by atoms with Crippen LogP contribution in [0.25, 0.3) is 0 Å². The molecule has 2 aromatic rings. The van der Waals surface area contributed by atoms with Crippen LogP contribution in [0.2, 0.25) is 0 Å². The number of likely N-dealkylation sites (N-methyl/N-ethyl adjacent to an activating group) is 1. The fraction of sp³-hybridized carbons (Fsp3) is 0.462. The van der Waals surface area contributed by atoms with Crippen LogP contribution in [0.5, 0.6) is 0 Å². The Hall–Kier alpha value is -0.230. The monoisotopic (exact) mass is 344 g/mol. The first kappa shape index (κ1) is 14.2. The lowest BCUT2D eigenvalue weighted by molar-refractivity contribution is 0.550. The minimum atomic E-state index is 0.363. The van der Waals surface area contributed by atoms with Crippen molar-refractivity contribution in [2.75, 3.05) is 6.54 Å². The predicted molar refractivity (Wildman–Crippen MR) is 83.7 cm³/mol. The number of aryl methyl sites for hydroxylation is 2. The molecular weight excluding hydrogens is 328 g/mol. The van der Waals surface area contributed by atoms with Crippen LogP contribution in [-0.4, -0.2) is 11.5 Å². The van der Waals surface area contributed by atoms with Crippen LogP contribution in [0.4, 0.5) is 0 Å². The van der Waals surface area contributed by atoms with Crippen molar-refractivity contribution < 1.29 is 0 Å². The third-order valence-corrected chi connectivity index (χ3v) is 5.51. The van der Waals surface area contributed by atoms with Gasteiger partial charge in [0.25, 0.3) is 0 Å². The first-order chi connectivity index (χ1) is 8.60. The summed E-state index contributed by atoms with van der Waals surface area (Å²) in [5, 5.41) is 6.98. The van der Waals surface area contributed by atoms with E-state index in [1.54, 1.807) is 11.3 Å². The summed E-state index contributed by atoms with van der Waals surface area (Å²) in [6.45, 7) is 7.34. The summed E-state index contributed by atoms with van der Waals surface area (Å²) < 4.78 is 1.19. The minimum absolute atomic E-state index is 0.363. The molecule has 0 fully saturated rings. The van der Waals surface area contributed by atoms with Gasteiger partial charge in [-0.1, -0.05) is 6.92 Å². The Balaban J connectivity index is 2.15. The van der Waals surface area contributed by atoms with Gasteiger partial charge in [0, 0.05) is 17.3 Å². The summed E-state index contributed by atoms with van der Waals surface area (Å²) in [6, 6.07) is 2.56. The molecule has 0 aliphatic rings. The molecule has 1 atom stereocenters. The average Bonchev–Trinajstić information content (AvgIpc) is 2.86. The van der Waals surface area contributed by atoms with Crippen molar-refractivity contribution in [2.24, 2.45) is 0 Å². The van der Waals surface area contributed by atoms with Crippen molar-refractivity contribution in [3.05, 3.63) is 36.4 Å². The molecule has 18 heavy (non-hydrogen) atoms. The van der Waals surface area contributed by atoms with E-state index in [2.05, 4.69) is 58.4 Å². The van der Waals surface area contributed by atoms with Gasteiger partial charge in [0.1, 0.15) is 0 Å². The van der Waals surface area contributed by atoms with Gasteiger partial charge in [-0.3, -0.25) is 0 Å². The van der Waals surface area contributed by atoms with Gasteiger partial charge < -0.3 is 5.32 Å². The molecule has 0 aliphatic heterocycles. The number of thiazole rings is 1. The van der Waals surface area contributed by atoms with Crippen LogP contribution in [0, 0.1) is 13.8 Å². The second-order valence-electron chi connectivity index (χ2n) is 4.25. The highest BCUT2D eigenvalue weighted by molar-refractivity contribution is 9.11. The lowest BCUT2D eigenvalue weighted by Crippen LogP contribution is -2.22. The van der Waals surface area contributed by atoms with Gasteiger partial charge in [-0.05, 0) is 53.3 Å². The third kappa shape index (κ3) is 3.41. The lowest BCUT2D eigenvalue weighted by atomic mass is 10.1. The largest absolute Gasteiger partial charge is 0.310 e. The minimum Gasteiger partial charge on any atom is -0.310 e. The first-order valence-electron chi connectivity index (χ1n) is 6.00. The number of aromatic nitrogens is 1. The third-order valence-electron chi connectivity index (χ3n) is 2.89. The molecule has 2 aromatic heterocycles. The van der Waals surface area contributed by atoms with Gasteiger partial charge in [0.2, 0.25) is 0 Å². The zero-order chi connectivity index (χ0) is 13.1. The van der Waals surface area contributed by atoms with Gasteiger partial charge >= 0.3 is 0 Å². The lowest BCUT2D eigenvalue weighted by Gasteiger charge is -2.15. The zero-order valence-corrected chi connectivity index (χ0v) is 14.0. The first-order valence-corrected chi connectivity index (χ1v) is 8.49. The van der Waals surface area contributed by atoms with E-state index >= 15 is 0 Å². The highest BCUT2D eigenvalue weighted by Gasteiger charge is 2.15. The highest BCUT2D eigenvalue weighted by Crippen LogP contribution is 2.29. The van der Waals surface area contributed by atoms with Crippen molar-refractivity contribution in [3.63, 3.8) is 0 Å². The van der Waals surface area contributed by atoms with Crippen LogP contribution < -0.4 is 5.32 Å². The van der Waals surface area contributed by atoms with E-state index in [0.717, 1.165) is 18.7 Å². The Morgan fingerprint density at radius 1 is 1.44 bits per heavy atom. The second kappa shape index (κ2) is 6.28. The van der Waals surface area contributed by atoms with Gasteiger partial charge in [-0.25, -0.2) is 4.98 Å². The van der Waals surface area contributed by atoms with E-state index in [0.29, 0.717) is 6.04 Å². The smallest absolute Gasteiger partial charge is 0.0949 e. The molecule has 2 heterocycles. The van der Waals surface area contributed by atoms with Crippen LogP contribution in [0.1, 0.15) is 34.1 Å². The highest BCUT2D eigenvalue weighted by atomic mass is 79.9. The molecular formula is C13H17BrN2S2. The molecule has 0 aromatic carbocycles. The van der Waals surface area contributed by atoms with E-state index in [1.807, 2.05) is 11.3 Å². The summed E-state index contributed by atoms with van der Waals surface area (Å²) in [4.78, 5) is 5.96. The van der Waals surface area contributed by atoms with Crippen molar-refractivity contribution in [1.82, 2.24) is 10.3 Å². The zero-order valence-electron chi connectivity index (χ0n) is 10.8. The molecule has 0 amide bonds. The second-order valence-corrected chi connectivity index (χ2v) is 7.83. The Kier molecular flexibility index (Phi) is 4.95. The van der Waals surface area contributed by atoms with Crippen molar-refractivity contribution >= 4 is 38.6 Å². The van der Waals surface area contributed by atoms with Gasteiger partial charge in [-0.2, -0.15) is 0 Å². The maximum Gasteiger partial charge on any atom is 0.0949 e. The molecule has 1 unspecified atom stereocenters. The summed E-state index contributed by atoms with van der Waals surface area (Å²) in [5.41, 5.74) is 2.51. The van der Waals surface area contributed by atoms with Gasteiger partial charge in [-0.15, -0.1) is 22.7 Å². The summed E-state index contributed by atoms with van der Waals surface area (Å²) >= 11 is 7.08. The molecule has 0 radical (unpaired) electrons. The van der Waals surface area contributed by atoms with Crippen LogP contribution in [0.3, 0.4) is 0 Å². The van der Waals surface area contributed by atoms with Crippen LogP contribution in [0.15, 0.2) is 15.2 Å². The van der Waals surface area contributed by atoms with E-state index in [1.165, 1.54) is 19.2 Å². The van der Waals surface area contributed by atoms with Crippen LogP contribution in [-0.2, 0) is 6.42 Å². The molecule has 1 N–H and O–H groups in total. The average molecular weight is 345 g/mol. The van der Waals surface area contributed by atoms with Crippen LogP contribution >= 0.6 is 38.6 Å².